The first kappa shape index (κ1) is 13.8. The molecule has 0 radical (unpaired) electrons. The van der Waals surface area contributed by atoms with E-state index in [9.17, 15) is 4.79 Å². The number of nitrogens with one attached hydrogen (secondary N) is 1. The van der Waals surface area contributed by atoms with E-state index in [4.69, 9.17) is 4.74 Å². The fourth-order valence-corrected chi connectivity index (χ4v) is 2.09. The van der Waals surface area contributed by atoms with E-state index in [1.807, 2.05) is 6.92 Å². The van der Waals surface area contributed by atoms with Gasteiger partial charge >= 0.3 is 0 Å². The zero-order valence-corrected chi connectivity index (χ0v) is 11.8. The van der Waals surface area contributed by atoms with Gasteiger partial charge in [0, 0.05) is 36.5 Å². The summed E-state index contributed by atoms with van der Waals surface area (Å²) in [6.45, 7) is 5.62. The second kappa shape index (κ2) is 6.02. The van der Waals surface area contributed by atoms with Gasteiger partial charge in [0.25, 0.3) is 0 Å². The molecule has 19 heavy (non-hydrogen) atoms. The Morgan fingerprint density at radius 2 is 2.32 bits per heavy atom. The molecule has 1 aliphatic carbocycles. The molecule has 1 fully saturated rings. The van der Waals surface area contributed by atoms with Gasteiger partial charge in [-0.1, -0.05) is 0 Å². The zero-order chi connectivity index (χ0) is 13.8. The molecule has 0 spiro atoms. The number of ether oxygens (including phenoxy) is 1. The molecule has 0 unspecified atom stereocenters. The molecule has 0 aliphatic heterocycles. The Balaban J connectivity index is 1.99. The molecule has 5 heteroatoms. The second-order valence-electron chi connectivity index (χ2n) is 4.98. The van der Waals surface area contributed by atoms with E-state index >= 15 is 0 Å². The number of hydrazone groups is 1. The van der Waals surface area contributed by atoms with Crippen molar-refractivity contribution in [1.82, 2.24) is 9.99 Å². The van der Waals surface area contributed by atoms with E-state index in [0.29, 0.717) is 6.61 Å². The SMILES string of the molecule is COCCn1c(C)cc(/C=N/NC(=O)C2CC2)c1C. The van der Waals surface area contributed by atoms with E-state index in [1.165, 1.54) is 5.69 Å². The minimum absolute atomic E-state index is 0.0319. The fourth-order valence-electron chi connectivity index (χ4n) is 2.09. The third kappa shape index (κ3) is 3.44. The molecule has 1 N–H and O–H groups in total. The lowest BCUT2D eigenvalue weighted by Crippen LogP contribution is -2.19. The van der Waals surface area contributed by atoms with Crippen LogP contribution in [0.1, 0.15) is 29.8 Å². The lowest BCUT2D eigenvalue weighted by molar-refractivity contribution is -0.122. The Hall–Kier alpha value is -1.62. The summed E-state index contributed by atoms with van der Waals surface area (Å²) in [5.41, 5.74) is 5.93. The third-order valence-corrected chi connectivity index (χ3v) is 3.46. The number of carbonyl (C=O) groups excluding carboxylic acids is 1. The predicted octanol–water partition coefficient (Wildman–Crippen LogP) is 1.61. The second-order valence-corrected chi connectivity index (χ2v) is 4.98. The molecule has 0 bridgehead atoms. The summed E-state index contributed by atoms with van der Waals surface area (Å²) in [6, 6.07) is 2.07. The zero-order valence-electron chi connectivity index (χ0n) is 11.8. The predicted molar refractivity (Wildman–Crippen MR) is 74.2 cm³/mol. The van der Waals surface area contributed by atoms with Crippen LogP contribution in [0.4, 0.5) is 0 Å². The van der Waals surface area contributed by atoms with Crippen LogP contribution in [0.3, 0.4) is 0 Å². The van der Waals surface area contributed by atoms with Crippen molar-refractivity contribution in [2.45, 2.75) is 33.2 Å². The Kier molecular flexibility index (Phi) is 4.37. The third-order valence-electron chi connectivity index (χ3n) is 3.46. The number of aromatic nitrogens is 1. The van der Waals surface area contributed by atoms with Gasteiger partial charge in [0.1, 0.15) is 0 Å². The number of amides is 1. The minimum atomic E-state index is 0.0319. The molecule has 1 amide bonds. The van der Waals surface area contributed by atoms with E-state index in [-0.39, 0.29) is 11.8 Å². The summed E-state index contributed by atoms with van der Waals surface area (Å²) in [7, 11) is 1.70. The Morgan fingerprint density at radius 1 is 1.58 bits per heavy atom. The number of hydrogen-bond acceptors (Lipinski definition) is 3. The first-order valence-corrected chi connectivity index (χ1v) is 6.62. The van der Waals surface area contributed by atoms with Crippen LogP contribution < -0.4 is 5.43 Å². The molecular weight excluding hydrogens is 242 g/mol. The van der Waals surface area contributed by atoms with Crippen molar-refractivity contribution in [3.05, 3.63) is 23.0 Å². The minimum Gasteiger partial charge on any atom is -0.383 e. The topological polar surface area (TPSA) is 55.6 Å². The molecule has 1 aromatic heterocycles. The average molecular weight is 263 g/mol. The molecule has 0 saturated heterocycles. The molecule has 104 valence electrons. The smallest absolute Gasteiger partial charge is 0.243 e. The van der Waals surface area contributed by atoms with Crippen LogP contribution in [0.2, 0.25) is 0 Å². The Labute approximate surface area is 113 Å². The van der Waals surface area contributed by atoms with Crippen LogP contribution in [0.5, 0.6) is 0 Å². The lowest BCUT2D eigenvalue weighted by Gasteiger charge is -2.08. The highest BCUT2D eigenvalue weighted by atomic mass is 16.5. The normalized spacial score (nSPS) is 15.1. The average Bonchev–Trinajstić information content (AvgIpc) is 3.18. The van der Waals surface area contributed by atoms with Crippen LogP contribution in [-0.4, -0.2) is 30.4 Å². The lowest BCUT2D eigenvalue weighted by atomic mass is 10.3. The van der Waals surface area contributed by atoms with Crippen molar-refractivity contribution in [1.29, 1.82) is 0 Å². The van der Waals surface area contributed by atoms with Gasteiger partial charge < -0.3 is 9.30 Å². The van der Waals surface area contributed by atoms with Crippen LogP contribution in [0.25, 0.3) is 0 Å². The summed E-state index contributed by atoms with van der Waals surface area (Å²) in [5, 5.41) is 4.03. The number of methoxy groups -OCH3 is 1. The van der Waals surface area contributed by atoms with Gasteiger partial charge in [0.2, 0.25) is 5.91 Å². The maximum absolute atomic E-state index is 11.4. The van der Waals surface area contributed by atoms with Crippen molar-refractivity contribution in [3.8, 4) is 0 Å². The number of carbonyl (C=O) groups is 1. The van der Waals surface area contributed by atoms with Gasteiger partial charge in [-0.2, -0.15) is 5.10 Å². The number of rotatable bonds is 6. The summed E-state index contributed by atoms with van der Waals surface area (Å²) < 4.78 is 7.29. The number of hydrogen-bond donors (Lipinski definition) is 1. The van der Waals surface area contributed by atoms with Gasteiger partial charge in [-0.15, -0.1) is 0 Å². The summed E-state index contributed by atoms with van der Waals surface area (Å²) >= 11 is 0. The highest BCUT2D eigenvalue weighted by molar-refractivity contribution is 5.85. The number of aryl methyl sites for hydroxylation is 1. The first-order valence-electron chi connectivity index (χ1n) is 6.62. The molecule has 1 aromatic rings. The van der Waals surface area contributed by atoms with Crippen molar-refractivity contribution in [2.75, 3.05) is 13.7 Å². The van der Waals surface area contributed by atoms with Gasteiger partial charge in [0.05, 0.1) is 12.8 Å². The molecule has 0 aromatic carbocycles. The number of nitrogens with zero attached hydrogens (tertiary/aromatic N) is 2. The molecule has 1 aliphatic rings. The Morgan fingerprint density at radius 3 is 2.95 bits per heavy atom. The quantitative estimate of drug-likeness (QED) is 0.626. The molecule has 1 saturated carbocycles. The van der Waals surface area contributed by atoms with Crippen LogP contribution in [-0.2, 0) is 16.1 Å². The van der Waals surface area contributed by atoms with Crippen molar-refractivity contribution in [2.24, 2.45) is 11.0 Å². The maximum atomic E-state index is 11.4. The molecule has 5 nitrogen and oxygen atoms in total. The van der Waals surface area contributed by atoms with Crippen molar-refractivity contribution >= 4 is 12.1 Å². The van der Waals surface area contributed by atoms with E-state index < -0.39 is 0 Å². The van der Waals surface area contributed by atoms with Crippen LogP contribution in [0, 0.1) is 19.8 Å². The summed E-state index contributed by atoms with van der Waals surface area (Å²) in [4.78, 5) is 11.4. The maximum Gasteiger partial charge on any atom is 0.243 e. The monoisotopic (exact) mass is 263 g/mol. The first-order chi connectivity index (χ1) is 9.13. The summed E-state index contributed by atoms with van der Waals surface area (Å²) in [6.07, 6.45) is 3.70. The summed E-state index contributed by atoms with van der Waals surface area (Å²) in [5.74, 6) is 0.218. The molecule has 2 rings (SSSR count). The van der Waals surface area contributed by atoms with E-state index in [1.54, 1.807) is 13.3 Å². The van der Waals surface area contributed by atoms with Crippen LogP contribution in [0.15, 0.2) is 11.2 Å². The van der Waals surface area contributed by atoms with E-state index in [0.717, 1.165) is 30.6 Å². The highest BCUT2D eigenvalue weighted by Gasteiger charge is 2.29. The van der Waals surface area contributed by atoms with Gasteiger partial charge in [0.15, 0.2) is 0 Å². The fraction of sp³-hybridized carbons (Fsp3) is 0.571. The van der Waals surface area contributed by atoms with Crippen LogP contribution >= 0.6 is 0 Å². The largest absolute Gasteiger partial charge is 0.383 e. The van der Waals surface area contributed by atoms with Crippen molar-refractivity contribution < 1.29 is 9.53 Å². The van der Waals surface area contributed by atoms with Crippen molar-refractivity contribution in [3.63, 3.8) is 0 Å². The molecule has 0 atom stereocenters. The van der Waals surface area contributed by atoms with E-state index in [2.05, 4.69) is 28.1 Å². The Bertz CT molecular complexity index is 487. The standard InChI is InChI=1S/C14H21N3O2/c1-10-8-13(11(2)17(10)6-7-19-3)9-15-16-14(18)12-4-5-12/h8-9,12H,4-7H2,1-3H3,(H,16,18)/b15-9+. The van der Waals surface area contributed by atoms with Gasteiger partial charge in [-0.25, -0.2) is 5.43 Å². The molecule has 1 heterocycles. The molecular formula is C14H21N3O2. The van der Waals surface area contributed by atoms with Gasteiger partial charge in [-0.3, -0.25) is 4.79 Å². The van der Waals surface area contributed by atoms with Gasteiger partial charge in [-0.05, 0) is 32.8 Å². The highest BCUT2D eigenvalue weighted by Crippen LogP contribution is 2.28.